The number of hydrazone groups is 1. The number of nitrogens with zero attached hydrogens (tertiary/aromatic N) is 1. The van der Waals surface area contributed by atoms with Crippen LogP contribution in [0.15, 0.2) is 120 Å². The zero-order valence-corrected chi connectivity index (χ0v) is 18.3. The summed E-state index contributed by atoms with van der Waals surface area (Å²) in [6, 6.07) is 40.7. The smallest absolute Gasteiger partial charge is 0.0723 e. The van der Waals surface area contributed by atoms with Crippen molar-refractivity contribution in [2.24, 2.45) is 5.10 Å². The normalized spacial score (nSPS) is 12.4. The minimum atomic E-state index is 0.780. The van der Waals surface area contributed by atoms with E-state index in [1.807, 2.05) is 0 Å². The van der Waals surface area contributed by atoms with E-state index in [1.165, 1.54) is 38.6 Å². The van der Waals surface area contributed by atoms with Crippen molar-refractivity contribution in [2.75, 3.05) is 5.43 Å². The van der Waals surface area contributed by atoms with Gasteiger partial charge in [-0.3, -0.25) is 5.43 Å². The largest absolute Gasteiger partial charge is 0.278 e. The van der Waals surface area contributed by atoms with Gasteiger partial charge >= 0.3 is 0 Å². The van der Waals surface area contributed by atoms with Crippen molar-refractivity contribution >= 4 is 22.2 Å². The molecule has 0 radical (unpaired) electrons. The van der Waals surface area contributed by atoms with E-state index in [4.69, 9.17) is 5.10 Å². The summed E-state index contributed by atoms with van der Waals surface area (Å²) in [5.74, 6) is 0. The fourth-order valence-corrected chi connectivity index (χ4v) is 4.80. The van der Waals surface area contributed by atoms with Crippen molar-refractivity contribution < 1.29 is 0 Å². The van der Waals surface area contributed by atoms with Gasteiger partial charge in [-0.1, -0.05) is 103 Å². The fourth-order valence-electron chi connectivity index (χ4n) is 4.80. The summed E-state index contributed by atoms with van der Waals surface area (Å²) in [6.45, 7) is 0. The maximum atomic E-state index is 4.91. The minimum absolute atomic E-state index is 0.780. The number of fused-ring (bicyclic) bond motifs is 4. The molecule has 0 heterocycles. The van der Waals surface area contributed by atoms with E-state index in [-0.39, 0.29) is 0 Å². The molecule has 0 spiro atoms. The standard InChI is InChI=1S/C31H24N2/c1-2-10-23(11-3-1)31(33-32-27-18-17-22-9-4-5-12-24(22)19-27)21-26-14-8-16-29-28-15-7-6-13-25(28)20-30(26)29/h1-19,32H,20-21H2. The molecular weight excluding hydrogens is 400 g/mol. The second kappa shape index (κ2) is 8.40. The Hall–Kier alpha value is -4.17. The fraction of sp³-hybridized carbons (Fsp3) is 0.0645. The second-order valence-electron chi connectivity index (χ2n) is 8.55. The van der Waals surface area contributed by atoms with Crippen LogP contribution in [0.3, 0.4) is 0 Å². The van der Waals surface area contributed by atoms with Crippen molar-refractivity contribution in [1.82, 2.24) is 0 Å². The summed E-state index contributed by atoms with van der Waals surface area (Å²) >= 11 is 0. The number of anilines is 1. The number of hydrogen-bond donors (Lipinski definition) is 1. The highest BCUT2D eigenvalue weighted by Gasteiger charge is 2.21. The molecule has 0 aromatic heterocycles. The van der Waals surface area contributed by atoms with Crippen LogP contribution in [0, 0.1) is 0 Å². The molecule has 1 N–H and O–H groups in total. The van der Waals surface area contributed by atoms with Crippen molar-refractivity contribution in [3.05, 3.63) is 138 Å². The summed E-state index contributed by atoms with van der Waals surface area (Å²) in [5.41, 5.74) is 13.4. The SMILES string of the molecule is c1ccc(C(Cc2cccc3c2Cc2ccccc2-3)=NNc2ccc3ccccc3c2)cc1. The summed E-state index contributed by atoms with van der Waals surface area (Å²) < 4.78 is 0. The molecule has 5 aromatic carbocycles. The van der Waals surface area contributed by atoms with E-state index >= 15 is 0 Å². The first-order valence-corrected chi connectivity index (χ1v) is 11.4. The van der Waals surface area contributed by atoms with Crippen molar-refractivity contribution in [3.8, 4) is 11.1 Å². The lowest BCUT2D eigenvalue weighted by molar-refractivity contribution is 1.17. The summed E-state index contributed by atoms with van der Waals surface area (Å²) in [7, 11) is 0. The van der Waals surface area contributed by atoms with Crippen LogP contribution < -0.4 is 5.43 Å². The average molecular weight is 425 g/mol. The third-order valence-corrected chi connectivity index (χ3v) is 6.48. The van der Waals surface area contributed by atoms with Crippen LogP contribution in [0.4, 0.5) is 5.69 Å². The van der Waals surface area contributed by atoms with E-state index in [0.29, 0.717) is 0 Å². The third-order valence-electron chi connectivity index (χ3n) is 6.48. The molecule has 1 aliphatic carbocycles. The first-order chi connectivity index (χ1) is 16.3. The molecule has 0 fully saturated rings. The highest BCUT2D eigenvalue weighted by Crippen LogP contribution is 2.38. The lowest BCUT2D eigenvalue weighted by atomic mass is 9.95. The molecule has 1 aliphatic rings. The van der Waals surface area contributed by atoms with Crippen LogP contribution in [0.2, 0.25) is 0 Å². The van der Waals surface area contributed by atoms with E-state index in [0.717, 1.165) is 29.8 Å². The highest BCUT2D eigenvalue weighted by molar-refractivity contribution is 6.03. The van der Waals surface area contributed by atoms with Gasteiger partial charge in [-0.25, -0.2) is 0 Å². The van der Waals surface area contributed by atoms with Crippen molar-refractivity contribution in [3.63, 3.8) is 0 Å². The topological polar surface area (TPSA) is 24.4 Å². The van der Waals surface area contributed by atoms with Crippen molar-refractivity contribution in [1.29, 1.82) is 0 Å². The molecule has 5 aromatic rings. The molecule has 0 unspecified atom stereocenters. The predicted molar refractivity (Wildman–Crippen MR) is 139 cm³/mol. The zero-order chi connectivity index (χ0) is 22.0. The van der Waals surface area contributed by atoms with Crippen LogP contribution >= 0.6 is 0 Å². The van der Waals surface area contributed by atoms with Gasteiger partial charge in [0.1, 0.15) is 0 Å². The summed E-state index contributed by atoms with van der Waals surface area (Å²) in [4.78, 5) is 0. The Labute approximate surface area is 194 Å². The molecule has 6 rings (SSSR count). The molecule has 0 aliphatic heterocycles. The Morgan fingerprint density at radius 3 is 2.33 bits per heavy atom. The molecular formula is C31H24N2. The minimum Gasteiger partial charge on any atom is -0.278 e. The number of benzene rings is 5. The Morgan fingerprint density at radius 1 is 0.667 bits per heavy atom. The number of rotatable bonds is 5. The Balaban J connectivity index is 1.35. The van der Waals surface area contributed by atoms with Gasteiger partial charge in [0.05, 0.1) is 11.4 Å². The molecule has 33 heavy (non-hydrogen) atoms. The van der Waals surface area contributed by atoms with Gasteiger partial charge in [-0.2, -0.15) is 5.10 Å². The zero-order valence-electron chi connectivity index (χ0n) is 18.3. The lowest BCUT2D eigenvalue weighted by Gasteiger charge is -2.12. The summed E-state index contributed by atoms with van der Waals surface area (Å²) in [5, 5.41) is 7.34. The molecule has 0 atom stereocenters. The van der Waals surface area contributed by atoms with Crippen LogP contribution in [0.5, 0.6) is 0 Å². The lowest BCUT2D eigenvalue weighted by Crippen LogP contribution is -2.10. The monoisotopic (exact) mass is 424 g/mol. The van der Waals surface area contributed by atoms with E-state index in [1.54, 1.807) is 0 Å². The predicted octanol–water partition coefficient (Wildman–Crippen LogP) is 7.47. The highest BCUT2D eigenvalue weighted by atomic mass is 15.3. The Kier molecular flexibility index (Phi) is 4.97. The molecule has 0 saturated heterocycles. The maximum Gasteiger partial charge on any atom is 0.0723 e. The molecule has 0 bridgehead atoms. The number of hydrogen-bond acceptors (Lipinski definition) is 2. The van der Waals surface area contributed by atoms with Gasteiger partial charge in [0, 0.05) is 6.42 Å². The van der Waals surface area contributed by atoms with Crippen LogP contribution in [-0.4, -0.2) is 5.71 Å². The van der Waals surface area contributed by atoms with Crippen molar-refractivity contribution in [2.45, 2.75) is 12.8 Å². The van der Waals surface area contributed by atoms with E-state index < -0.39 is 0 Å². The van der Waals surface area contributed by atoms with Gasteiger partial charge in [0.15, 0.2) is 0 Å². The quantitative estimate of drug-likeness (QED) is 0.225. The maximum absolute atomic E-state index is 4.91. The molecule has 2 nitrogen and oxygen atoms in total. The average Bonchev–Trinajstić information content (AvgIpc) is 3.26. The van der Waals surface area contributed by atoms with Crippen LogP contribution in [0.25, 0.3) is 21.9 Å². The molecule has 2 heteroatoms. The molecule has 0 saturated carbocycles. The first-order valence-electron chi connectivity index (χ1n) is 11.4. The van der Waals surface area contributed by atoms with Gasteiger partial charge in [-0.05, 0) is 62.7 Å². The van der Waals surface area contributed by atoms with Gasteiger partial charge in [-0.15, -0.1) is 0 Å². The third kappa shape index (κ3) is 3.81. The van der Waals surface area contributed by atoms with Crippen LogP contribution in [-0.2, 0) is 12.8 Å². The Morgan fingerprint density at radius 2 is 1.42 bits per heavy atom. The first kappa shape index (κ1) is 19.5. The van der Waals surface area contributed by atoms with Gasteiger partial charge < -0.3 is 0 Å². The van der Waals surface area contributed by atoms with Gasteiger partial charge in [0.25, 0.3) is 0 Å². The van der Waals surface area contributed by atoms with Gasteiger partial charge in [0.2, 0.25) is 0 Å². The molecule has 0 amide bonds. The van der Waals surface area contributed by atoms with Crippen LogP contribution in [0.1, 0.15) is 22.3 Å². The second-order valence-corrected chi connectivity index (χ2v) is 8.55. The summed E-state index contributed by atoms with van der Waals surface area (Å²) in [6.07, 6.45) is 1.77. The molecule has 158 valence electrons. The number of nitrogens with one attached hydrogen (secondary N) is 1. The van der Waals surface area contributed by atoms with E-state index in [2.05, 4.69) is 121 Å². The Bertz CT molecular complexity index is 1480. The van der Waals surface area contributed by atoms with E-state index in [9.17, 15) is 0 Å².